The zero-order chi connectivity index (χ0) is 15.5. The molecule has 0 saturated carbocycles. The van der Waals surface area contributed by atoms with E-state index in [2.05, 4.69) is 0 Å². The van der Waals surface area contributed by atoms with Crippen molar-refractivity contribution in [3.05, 3.63) is 76.2 Å². The second-order valence-electron chi connectivity index (χ2n) is 4.90. The van der Waals surface area contributed by atoms with Gasteiger partial charge in [0.15, 0.2) is 6.20 Å². The number of benzene rings is 1. The lowest BCUT2D eigenvalue weighted by Crippen LogP contribution is -3.00. The second kappa shape index (κ2) is 7.99. The SMILES string of the molecule is C[n+]1ccccc1/C=C/c1ccc(-c2cc(Cl)ccc2Cl)o1.[I-]. The third-order valence-corrected chi connectivity index (χ3v) is 3.90. The summed E-state index contributed by atoms with van der Waals surface area (Å²) in [5.74, 6) is 1.46. The van der Waals surface area contributed by atoms with Crippen molar-refractivity contribution in [1.82, 2.24) is 0 Å². The molecule has 3 rings (SSSR count). The Morgan fingerprint density at radius 3 is 2.61 bits per heavy atom. The molecule has 1 aromatic carbocycles. The van der Waals surface area contributed by atoms with Gasteiger partial charge in [0.25, 0.3) is 0 Å². The molecule has 23 heavy (non-hydrogen) atoms. The Labute approximate surface area is 162 Å². The van der Waals surface area contributed by atoms with Crippen molar-refractivity contribution < 1.29 is 33.0 Å². The number of rotatable bonds is 3. The van der Waals surface area contributed by atoms with Crippen LogP contribution in [0.3, 0.4) is 0 Å². The predicted molar refractivity (Wildman–Crippen MR) is 90.7 cm³/mol. The summed E-state index contributed by atoms with van der Waals surface area (Å²) >= 11 is 12.2. The van der Waals surface area contributed by atoms with E-state index in [0.717, 1.165) is 17.0 Å². The van der Waals surface area contributed by atoms with Crippen LogP contribution in [0.5, 0.6) is 0 Å². The molecule has 2 heterocycles. The maximum atomic E-state index is 6.19. The van der Waals surface area contributed by atoms with E-state index in [-0.39, 0.29) is 24.0 Å². The fourth-order valence-electron chi connectivity index (χ4n) is 2.15. The van der Waals surface area contributed by atoms with Crippen LogP contribution in [0.4, 0.5) is 0 Å². The number of hydrogen-bond donors (Lipinski definition) is 0. The molecule has 0 bridgehead atoms. The molecular formula is C18H14Cl2INO. The van der Waals surface area contributed by atoms with E-state index in [9.17, 15) is 0 Å². The number of aryl methyl sites for hydroxylation is 1. The molecule has 2 nitrogen and oxygen atoms in total. The first-order chi connectivity index (χ1) is 10.6. The summed E-state index contributed by atoms with van der Waals surface area (Å²) in [5.41, 5.74) is 1.88. The van der Waals surface area contributed by atoms with Crippen molar-refractivity contribution in [3.63, 3.8) is 0 Å². The zero-order valence-electron chi connectivity index (χ0n) is 12.3. The molecule has 2 aromatic heterocycles. The Bertz CT molecular complexity index is 843. The molecule has 0 aliphatic carbocycles. The Morgan fingerprint density at radius 1 is 1.00 bits per heavy atom. The molecular weight excluding hydrogens is 444 g/mol. The van der Waals surface area contributed by atoms with Crippen LogP contribution in [0.25, 0.3) is 23.5 Å². The molecule has 0 fully saturated rings. The molecule has 0 unspecified atom stereocenters. The van der Waals surface area contributed by atoms with Crippen molar-refractivity contribution in [1.29, 1.82) is 0 Å². The number of hydrogen-bond acceptors (Lipinski definition) is 1. The van der Waals surface area contributed by atoms with Gasteiger partial charge in [-0.3, -0.25) is 0 Å². The largest absolute Gasteiger partial charge is 1.00 e. The highest BCUT2D eigenvalue weighted by Gasteiger charge is 2.09. The van der Waals surface area contributed by atoms with E-state index in [4.69, 9.17) is 27.6 Å². The van der Waals surface area contributed by atoms with Gasteiger partial charge in [0, 0.05) is 28.8 Å². The maximum absolute atomic E-state index is 6.19. The van der Waals surface area contributed by atoms with E-state index in [1.54, 1.807) is 18.2 Å². The Hall–Kier alpha value is -1.30. The van der Waals surface area contributed by atoms with Crippen molar-refractivity contribution in [2.75, 3.05) is 0 Å². The van der Waals surface area contributed by atoms with Gasteiger partial charge in [-0.1, -0.05) is 23.2 Å². The minimum Gasteiger partial charge on any atom is -1.00 e. The molecule has 0 amide bonds. The van der Waals surface area contributed by atoms with Crippen molar-refractivity contribution in [2.45, 2.75) is 0 Å². The molecule has 0 spiro atoms. The number of nitrogens with zero attached hydrogens (tertiary/aromatic N) is 1. The molecule has 0 aliphatic heterocycles. The third kappa shape index (κ3) is 4.37. The van der Waals surface area contributed by atoms with Gasteiger partial charge in [-0.05, 0) is 42.5 Å². The average Bonchev–Trinajstić information content (AvgIpc) is 2.98. The van der Waals surface area contributed by atoms with Crippen LogP contribution in [-0.2, 0) is 7.05 Å². The van der Waals surface area contributed by atoms with Crippen molar-refractivity contribution in [3.8, 4) is 11.3 Å². The van der Waals surface area contributed by atoms with E-state index in [0.29, 0.717) is 15.8 Å². The van der Waals surface area contributed by atoms with Gasteiger partial charge in [0.1, 0.15) is 18.6 Å². The van der Waals surface area contributed by atoms with Crippen LogP contribution in [-0.4, -0.2) is 0 Å². The first kappa shape index (κ1) is 18.0. The number of aromatic nitrogens is 1. The van der Waals surface area contributed by atoms with E-state index < -0.39 is 0 Å². The zero-order valence-corrected chi connectivity index (χ0v) is 16.0. The van der Waals surface area contributed by atoms with Crippen LogP contribution < -0.4 is 28.5 Å². The molecule has 0 radical (unpaired) electrons. The quantitative estimate of drug-likeness (QED) is 0.435. The van der Waals surface area contributed by atoms with E-state index in [1.165, 1.54) is 0 Å². The monoisotopic (exact) mass is 457 g/mol. The van der Waals surface area contributed by atoms with Gasteiger partial charge in [0.05, 0.1) is 5.02 Å². The highest BCUT2D eigenvalue weighted by atomic mass is 127. The van der Waals surface area contributed by atoms with Crippen LogP contribution in [0, 0.1) is 0 Å². The summed E-state index contributed by atoms with van der Waals surface area (Å²) < 4.78 is 7.86. The second-order valence-corrected chi connectivity index (χ2v) is 5.74. The average molecular weight is 458 g/mol. The summed E-state index contributed by atoms with van der Waals surface area (Å²) in [6.07, 6.45) is 5.93. The van der Waals surface area contributed by atoms with Gasteiger partial charge in [-0.15, -0.1) is 0 Å². The number of halogens is 3. The topological polar surface area (TPSA) is 17.0 Å². The molecule has 118 valence electrons. The lowest BCUT2D eigenvalue weighted by Gasteiger charge is -2.01. The minimum atomic E-state index is 0. The fourth-order valence-corrected chi connectivity index (χ4v) is 2.53. The summed E-state index contributed by atoms with van der Waals surface area (Å²) in [4.78, 5) is 0. The summed E-state index contributed by atoms with van der Waals surface area (Å²) in [7, 11) is 2.00. The van der Waals surface area contributed by atoms with Gasteiger partial charge < -0.3 is 28.4 Å². The lowest BCUT2D eigenvalue weighted by molar-refractivity contribution is -0.673. The van der Waals surface area contributed by atoms with Crippen molar-refractivity contribution in [2.24, 2.45) is 7.05 Å². The molecule has 0 atom stereocenters. The van der Waals surface area contributed by atoms with E-state index in [1.807, 2.05) is 60.3 Å². The number of furan rings is 1. The predicted octanol–water partition coefficient (Wildman–Crippen LogP) is 2.25. The van der Waals surface area contributed by atoms with Gasteiger partial charge >= 0.3 is 0 Å². The molecule has 0 aliphatic rings. The Morgan fingerprint density at radius 2 is 1.83 bits per heavy atom. The number of pyridine rings is 1. The molecule has 5 heteroatoms. The standard InChI is InChI=1S/C18H14Cl2NO.HI/c1-21-11-3-2-4-14(21)6-7-15-8-10-18(22-15)16-12-13(19)5-9-17(16)20;/h2-12H,1H3;1H/q+1;/p-1/b7-6+;. The minimum absolute atomic E-state index is 0. The molecule has 0 N–H and O–H groups in total. The van der Waals surface area contributed by atoms with Crippen LogP contribution >= 0.6 is 23.2 Å². The normalized spacial score (nSPS) is 10.7. The van der Waals surface area contributed by atoms with Crippen LogP contribution in [0.2, 0.25) is 10.0 Å². The van der Waals surface area contributed by atoms with Gasteiger partial charge in [-0.25, -0.2) is 4.57 Å². The van der Waals surface area contributed by atoms with Gasteiger partial charge in [0.2, 0.25) is 5.69 Å². The fraction of sp³-hybridized carbons (Fsp3) is 0.0556. The highest BCUT2D eigenvalue weighted by molar-refractivity contribution is 6.35. The Kier molecular flexibility index (Phi) is 6.27. The van der Waals surface area contributed by atoms with Crippen molar-refractivity contribution >= 4 is 35.4 Å². The summed E-state index contributed by atoms with van der Waals surface area (Å²) in [5, 5.41) is 1.24. The highest BCUT2D eigenvalue weighted by Crippen LogP contribution is 2.32. The summed E-state index contributed by atoms with van der Waals surface area (Å²) in [6.45, 7) is 0. The maximum Gasteiger partial charge on any atom is 0.205 e. The first-order valence-corrected chi connectivity index (χ1v) is 7.57. The van der Waals surface area contributed by atoms with Gasteiger partial charge in [-0.2, -0.15) is 0 Å². The molecule has 3 aromatic rings. The smallest absolute Gasteiger partial charge is 0.205 e. The Balaban J connectivity index is 0.00000192. The summed E-state index contributed by atoms with van der Waals surface area (Å²) in [6, 6.07) is 15.1. The van der Waals surface area contributed by atoms with Crippen LogP contribution in [0.1, 0.15) is 11.5 Å². The molecule has 0 saturated heterocycles. The lowest BCUT2D eigenvalue weighted by atomic mass is 10.2. The third-order valence-electron chi connectivity index (χ3n) is 3.33. The first-order valence-electron chi connectivity index (χ1n) is 6.81. The van der Waals surface area contributed by atoms with Crippen LogP contribution in [0.15, 0.2) is 59.1 Å². The van der Waals surface area contributed by atoms with E-state index >= 15 is 0 Å².